The third kappa shape index (κ3) is 8.49. The smallest absolute Gasteiger partial charge is 0.264 e. The number of unbranched alkanes of at least 4 members (excludes halogenated alkanes) is 1. The van der Waals surface area contributed by atoms with E-state index in [9.17, 15) is 18.0 Å². The lowest BCUT2D eigenvalue weighted by Crippen LogP contribution is -2.52. The zero-order valence-electron chi connectivity index (χ0n) is 24.7. The fraction of sp³-hybridized carbons (Fsp3) is 0.375. The van der Waals surface area contributed by atoms with Gasteiger partial charge >= 0.3 is 0 Å². The van der Waals surface area contributed by atoms with Gasteiger partial charge < -0.3 is 15.0 Å². The van der Waals surface area contributed by atoms with Crippen LogP contribution in [-0.2, 0) is 26.2 Å². The van der Waals surface area contributed by atoms with Crippen molar-refractivity contribution in [2.75, 3.05) is 24.0 Å². The van der Waals surface area contributed by atoms with Crippen LogP contribution in [-0.4, -0.2) is 50.9 Å². The molecule has 1 N–H and O–H groups in total. The Kier molecular flexibility index (Phi) is 12.2. The van der Waals surface area contributed by atoms with E-state index in [4.69, 9.17) is 16.3 Å². The molecule has 226 valence electrons. The number of hydrogen-bond donors (Lipinski definition) is 1. The number of sulfonamides is 1. The van der Waals surface area contributed by atoms with Crippen molar-refractivity contribution >= 4 is 39.1 Å². The van der Waals surface area contributed by atoms with Crippen LogP contribution in [0.25, 0.3) is 0 Å². The monoisotopic (exact) mass is 613 g/mol. The molecule has 1 unspecified atom stereocenters. The van der Waals surface area contributed by atoms with E-state index in [2.05, 4.69) is 5.32 Å². The summed E-state index contributed by atoms with van der Waals surface area (Å²) in [6, 6.07) is 19.2. The van der Waals surface area contributed by atoms with Gasteiger partial charge in [0.2, 0.25) is 11.8 Å². The standard InChI is InChI=1S/C32H40ClN3O5S/c1-5-8-21-34-32(38)30(6-2)35(22-25-12-10-9-11-24(25)4)31(37)23-36(27-15-17-28(18-16-27)41-7-3)42(39,40)29-19-13-26(33)14-20-29/h9-20,30H,5-8,21-23H2,1-4H3,(H,34,38). The Hall–Kier alpha value is -3.56. The van der Waals surface area contributed by atoms with E-state index < -0.39 is 28.5 Å². The van der Waals surface area contributed by atoms with Crippen LogP contribution in [0, 0.1) is 6.92 Å². The number of nitrogens with one attached hydrogen (secondary N) is 1. The number of benzene rings is 3. The molecule has 0 saturated heterocycles. The largest absolute Gasteiger partial charge is 0.494 e. The van der Waals surface area contributed by atoms with Gasteiger partial charge in [0.1, 0.15) is 18.3 Å². The molecule has 1 atom stereocenters. The second-order valence-electron chi connectivity index (χ2n) is 9.91. The molecule has 8 nitrogen and oxygen atoms in total. The number of hydrogen-bond acceptors (Lipinski definition) is 5. The minimum Gasteiger partial charge on any atom is -0.494 e. The van der Waals surface area contributed by atoms with Crippen molar-refractivity contribution in [3.05, 3.63) is 88.9 Å². The summed E-state index contributed by atoms with van der Waals surface area (Å²) in [6.45, 7) is 8.28. The van der Waals surface area contributed by atoms with Gasteiger partial charge in [-0.25, -0.2) is 8.42 Å². The van der Waals surface area contributed by atoms with Crippen LogP contribution in [0.2, 0.25) is 5.02 Å². The van der Waals surface area contributed by atoms with Gasteiger partial charge in [-0.2, -0.15) is 0 Å². The first-order valence-corrected chi connectivity index (χ1v) is 16.1. The van der Waals surface area contributed by atoms with Gasteiger partial charge in [-0.05, 0) is 86.3 Å². The highest BCUT2D eigenvalue weighted by molar-refractivity contribution is 7.92. The molecule has 0 saturated carbocycles. The van der Waals surface area contributed by atoms with E-state index in [1.54, 1.807) is 24.3 Å². The zero-order chi connectivity index (χ0) is 30.7. The van der Waals surface area contributed by atoms with E-state index in [-0.39, 0.29) is 23.0 Å². The summed E-state index contributed by atoms with van der Waals surface area (Å²) in [5.74, 6) is -0.185. The number of aryl methyl sites for hydroxylation is 1. The lowest BCUT2D eigenvalue weighted by molar-refractivity contribution is -0.140. The first-order chi connectivity index (χ1) is 20.1. The predicted molar refractivity (Wildman–Crippen MR) is 167 cm³/mol. The van der Waals surface area contributed by atoms with Gasteiger partial charge in [-0.15, -0.1) is 0 Å². The van der Waals surface area contributed by atoms with Gasteiger partial charge in [0, 0.05) is 18.1 Å². The summed E-state index contributed by atoms with van der Waals surface area (Å²) in [5.41, 5.74) is 2.13. The van der Waals surface area contributed by atoms with E-state index in [0.717, 1.165) is 28.3 Å². The second kappa shape index (κ2) is 15.6. The number of amides is 2. The minimum absolute atomic E-state index is 0.0108. The molecule has 3 aromatic carbocycles. The van der Waals surface area contributed by atoms with E-state index in [1.165, 1.54) is 29.2 Å². The number of carbonyl (C=O) groups excluding carboxylic acids is 2. The average Bonchev–Trinajstić information content (AvgIpc) is 2.97. The Bertz CT molecular complexity index is 1430. The summed E-state index contributed by atoms with van der Waals surface area (Å²) in [7, 11) is -4.19. The molecular formula is C32H40ClN3O5S. The van der Waals surface area contributed by atoms with Gasteiger partial charge in [0.05, 0.1) is 17.2 Å². The first kappa shape index (κ1) is 32.9. The third-order valence-corrected chi connectivity index (χ3v) is 8.97. The summed E-state index contributed by atoms with van der Waals surface area (Å²) in [6.07, 6.45) is 2.10. The normalized spacial score (nSPS) is 11.9. The Morgan fingerprint density at radius 1 is 0.952 bits per heavy atom. The van der Waals surface area contributed by atoms with E-state index in [0.29, 0.717) is 30.3 Å². The minimum atomic E-state index is -4.19. The maximum Gasteiger partial charge on any atom is 0.264 e. The average molecular weight is 614 g/mol. The molecule has 0 fully saturated rings. The Morgan fingerprint density at radius 2 is 1.62 bits per heavy atom. The van der Waals surface area contributed by atoms with Crippen LogP contribution in [0.15, 0.2) is 77.7 Å². The molecule has 0 aromatic heterocycles. The molecular weight excluding hydrogens is 574 g/mol. The van der Waals surface area contributed by atoms with Crippen molar-refractivity contribution in [1.82, 2.24) is 10.2 Å². The number of nitrogens with zero attached hydrogens (tertiary/aromatic N) is 2. The molecule has 2 amide bonds. The molecule has 0 radical (unpaired) electrons. The van der Waals surface area contributed by atoms with Crippen LogP contribution in [0.1, 0.15) is 51.2 Å². The summed E-state index contributed by atoms with van der Waals surface area (Å²) < 4.78 is 34.6. The highest BCUT2D eigenvalue weighted by Crippen LogP contribution is 2.27. The van der Waals surface area contributed by atoms with Crippen LogP contribution < -0.4 is 14.4 Å². The zero-order valence-corrected chi connectivity index (χ0v) is 26.2. The van der Waals surface area contributed by atoms with Crippen LogP contribution in [0.4, 0.5) is 5.69 Å². The van der Waals surface area contributed by atoms with Crippen LogP contribution >= 0.6 is 11.6 Å². The topological polar surface area (TPSA) is 96.0 Å². The van der Waals surface area contributed by atoms with Gasteiger partial charge in [-0.3, -0.25) is 13.9 Å². The Balaban J connectivity index is 2.05. The molecule has 0 spiro atoms. The molecule has 0 aliphatic carbocycles. The van der Waals surface area contributed by atoms with E-state index >= 15 is 0 Å². The van der Waals surface area contributed by atoms with Gasteiger partial charge in [0.15, 0.2) is 0 Å². The number of anilines is 1. The van der Waals surface area contributed by atoms with Gasteiger partial charge in [-0.1, -0.05) is 56.1 Å². The fourth-order valence-corrected chi connectivity index (χ4v) is 6.07. The predicted octanol–water partition coefficient (Wildman–Crippen LogP) is 5.97. The number of halogens is 1. The molecule has 3 rings (SSSR count). The van der Waals surface area contributed by atoms with Crippen molar-refractivity contribution in [2.24, 2.45) is 0 Å². The van der Waals surface area contributed by atoms with Gasteiger partial charge in [0.25, 0.3) is 10.0 Å². The molecule has 0 bridgehead atoms. The molecule has 0 aliphatic heterocycles. The van der Waals surface area contributed by atoms with Crippen molar-refractivity contribution in [3.63, 3.8) is 0 Å². The van der Waals surface area contributed by atoms with Crippen molar-refractivity contribution < 1.29 is 22.7 Å². The maximum absolute atomic E-state index is 14.2. The Morgan fingerprint density at radius 3 is 2.21 bits per heavy atom. The van der Waals surface area contributed by atoms with Crippen LogP contribution in [0.3, 0.4) is 0 Å². The number of rotatable bonds is 15. The van der Waals surface area contributed by atoms with Crippen molar-refractivity contribution in [3.8, 4) is 5.75 Å². The summed E-state index contributed by atoms with van der Waals surface area (Å²) in [5, 5.41) is 3.33. The maximum atomic E-state index is 14.2. The van der Waals surface area contributed by atoms with E-state index in [1.807, 2.05) is 52.0 Å². The summed E-state index contributed by atoms with van der Waals surface area (Å²) in [4.78, 5) is 29.0. The number of carbonyl (C=O) groups is 2. The lowest BCUT2D eigenvalue weighted by atomic mass is 10.1. The molecule has 3 aromatic rings. The molecule has 0 aliphatic rings. The quantitative estimate of drug-likeness (QED) is 0.213. The lowest BCUT2D eigenvalue weighted by Gasteiger charge is -2.33. The SMILES string of the molecule is CCCCNC(=O)C(CC)N(Cc1ccccc1C)C(=O)CN(c1ccc(OCC)cc1)S(=O)(=O)c1ccc(Cl)cc1. The molecule has 42 heavy (non-hydrogen) atoms. The highest BCUT2D eigenvalue weighted by Gasteiger charge is 2.33. The fourth-order valence-electron chi connectivity index (χ4n) is 4.53. The third-order valence-electron chi connectivity index (χ3n) is 6.93. The number of ether oxygens (including phenoxy) is 1. The van der Waals surface area contributed by atoms with Crippen LogP contribution in [0.5, 0.6) is 5.75 Å². The van der Waals surface area contributed by atoms with Crippen molar-refractivity contribution in [2.45, 2.75) is 64.4 Å². The second-order valence-corrected chi connectivity index (χ2v) is 12.2. The van der Waals surface area contributed by atoms with Crippen molar-refractivity contribution in [1.29, 1.82) is 0 Å². The first-order valence-electron chi connectivity index (χ1n) is 14.2. The summed E-state index contributed by atoms with van der Waals surface area (Å²) >= 11 is 6.03. The molecule has 0 heterocycles. The highest BCUT2D eigenvalue weighted by atomic mass is 35.5. The molecule has 10 heteroatoms. The Labute approximate surface area is 254 Å².